The summed E-state index contributed by atoms with van der Waals surface area (Å²) in [6.45, 7) is 5.22. The van der Waals surface area contributed by atoms with E-state index < -0.39 is 0 Å². The van der Waals surface area contributed by atoms with Crippen LogP contribution >= 0.6 is 0 Å². The number of nitrogens with one attached hydrogen (secondary N) is 2. The fraction of sp³-hybridized carbons (Fsp3) is 0.708. The molecule has 3 heteroatoms. The van der Waals surface area contributed by atoms with Crippen LogP contribution in [-0.2, 0) is 10.2 Å². The summed E-state index contributed by atoms with van der Waals surface area (Å²) >= 11 is 0. The Morgan fingerprint density at radius 3 is 2.56 bits per heavy atom. The monoisotopic (exact) mass is 366 g/mol. The summed E-state index contributed by atoms with van der Waals surface area (Å²) in [6, 6.07) is 9.22. The molecule has 6 rings (SSSR count). The lowest BCUT2D eigenvalue weighted by molar-refractivity contribution is -0.149. The Hall–Kier alpha value is -1.35. The zero-order chi connectivity index (χ0) is 18.5. The lowest BCUT2D eigenvalue weighted by atomic mass is 9.42. The molecule has 2 N–H and O–H groups in total. The first-order chi connectivity index (χ1) is 13.1. The van der Waals surface area contributed by atoms with E-state index in [2.05, 4.69) is 41.8 Å². The number of amides is 1. The lowest BCUT2D eigenvalue weighted by Crippen LogP contribution is -2.59. The van der Waals surface area contributed by atoms with Crippen molar-refractivity contribution in [2.24, 2.45) is 23.2 Å². The van der Waals surface area contributed by atoms with Crippen molar-refractivity contribution in [1.29, 1.82) is 0 Å². The quantitative estimate of drug-likeness (QED) is 0.847. The average Bonchev–Trinajstić information content (AvgIpc) is 2.66. The molecule has 4 bridgehead atoms. The second-order valence-corrected chi connectivity index (χ2v) is 10.3. The molecule has 146 valence electrons. The van der Waals surface area contributed by atoms with E-state index in [4.69, 9.17) is 0 Å². The summed E-state index contributed by atoms with van der Waals surface area (Å²) in [4.78, 5) is 13.4. The molecule has 27 heavy (non-hydrogen) atoms. The van der Waals surface area contributed by atoms with Gasteiger partial charge in [-0.1, -0.05) is 29.8 Å². The van der Waals surface area contributed by atoms with Crippen LogP contribution in [0.25, 0.3) is 0 Å². The molecule has 4 saturated carbocycles. The van der Waals surface area contributed by atoms with Gasteiger partial charge in [-0.15, -0.1) is 0 Å². The average molecular weight is 367 g/mol. The molecule has 1 amide bonds. The van der Waals surface area contributed by atoms with Crippen molar-refractivity contribution in [2.75, 3.05) is 19.6 Å². The van der Waals surface area contributed by atoms with Crippen molar-refractivity contribution in [3.63, 3.8) is 0 Å². The van der Waals surface area contributed by atoms with Gasteiger partial charge >= 0.3 is 0 Å². The van der Waals surface area contributed by atoms with Gasteiger partial charge in [0.25, 0.3) is 0 Å². The first-order valence-corrected chi connectivity index (χ1v) is 11.1. The van der Waals surface area contributed by atoms with E-state index >= 15 is 0 Å². The van der Waals surface area contributed by atoms with Crippen LogP contribution < -0.4 is 10.6 Å². The maximum Gasteiger partial charge on any atom is 0.226 e. The highest BCUT2D eigenvalue weighted by molar-refractivity contribution is 5.83. The van der Waals surface area contributed by atoms with Crippen molar-refractivity contribution in [3.8, 4) is 0 Å². The molecule has 0 spiro atoms. The Morgan fingerprint density at radius 2 is 1.89 bits per heavy atom. The van der Waals surface area contributed by atoms with E-state index in [9.17, 15) is 4.79 Å². The Bertz CT molecular complexity index is 690. The molecule has 3 atom stereocenters. The lowest BCUT2D eigenvalue weighted by Gasteiger charge is -2.61. The molecule has 1 saturated heterocycles. The van der Waals surface area contributed by atoms with E-state index in [1.54, 1.807) is 0 Å². The smallest absolute Gasteiger partial charge is 0.226 e. The van der Waals surface area contributed by atoms with Crippen molar-refractivity contribution in [2.45, 2.75) is 63.7 Å². The maximum atomic E-state index is 13.4. The normalized spacial score (nSPS) is 40.1. The van der Waals surface area contributed by atoms with E-state index in [0.29, 0.717) is 11.8 Å². The first kappa shape index (κ1) is 17.7. The van der Waals surface area contributed by atoms with Crippen LogP contribution in [0.1, 0.15) is 62.5 Å². The fourth-order valence-corrected chi connectivity index (χ4v) is 7.30. The molecule has 0 radical (unpaired) electrons. The fourth-order valence-electron chi connectivity index (χ4n) is 7.30. The summed E-state index contributed by atoms with van der Waals surface area (Å²) in [5, 5.41) is 6.88. The topological polar surface area (TPSA) is 41.1 Å². The SMILES string of the molecule is Cc1ccc(C23CC4CC(CC(C(=O)NCC5CCCNC5)(C4)C2)C3)cc1. The third-order valence-corrected chi connectivity index (χ3v) is 8.16. The molecule has 3 nitrogen and oxygen atoms in total. The van der Waals surface area contributed by atoms with Crippen molar-refractivity contribution < 1.29 is 4.79 Å². The van der Waals surface area contributed by atoms with E-state index in [1.165, 1.54) is 43.2 Å². The number of carbonyl (C=O) groups is 1. The minimum atomic E-state index is -0.100. The molecule has 4 aliphatic carbocycles. The van der Waals surface area contributed by atoms with Gasteiger partial charge in [-0.25, -0.2) is 0 Å². The minimum absolute atomic E-state index is 0.100. The molecule has 0 aromatic heterocycles. The summed E-state index contributed by atoms with van der Waals surface area (Å²) in [5.41, 5.74) is 2.98. The second-order valence-electron chi connectivity index (χ2n) is 10.3. The molecule has 5 aliphatic rings. The molecule has 5 fully saturated rings. The van der Waals surface area contributed by atoms with Crippen LogP contribution in [0.2, 0.25) is 0 Å². The van der Waals surface area contributed by atoms with Crippen LogP contribution in [0.3, 0.4) is 0 Å². The van der Waals surface area contributed by atoms with Crippen molar-refractivity contribution >= 4 is 5.91 Å². The van der Waals surface area contributed by atoms with E-state index in [0.717, 1.165) is 50.7 Å². The van der Waals surface area contributed by atoms with E-state index in [1.807, 2.05) is 0 Å². The number of hydrogen-bond acceptors (Lipinski definition) is 2. The number of piperidine rings is 1. The van der Waals surface area contributed by atoms with Crippen LogP contribution in [0.5, 0.6) is 0 Å². The molecule has 1 aromatic carbocycles. The summed E-state index contributed by atoms with van der Waals surface area (Å²) in [6.07, 6.45) is 9.78. The highest BCUT2D eigenvalue weighted by atomic mass is 16.2. The number of benzene rings is 1. The van der Waals surface area contributed by atoms with E-state index in [-0.39, 0.29) is 10.8 Å². The number of aryl methyl sites for hydroxylation is 1. The zero-order valence-electron chi connectivity index (χ0n) is 16.7. The Kier molecular flexibility index (Phi) is 4.34. The zero-order valence-corrected chi connectivity index (χ0v) is 16.7. The molecule has 1 aliphatic heterocycles. The third-order valence-electron chi connectivity index (χ3n) is 8.16. The van der Waals surface area contributed by atoms with Crippen LogP contribution in [-0.4, -0.2) is 25.5 Å². The van der Waals surface area contributed by atoms with Gasteiger partial charge in [0.05, 0.1) is 5.41 Å². The summed E-state index contributed by atoms with van der Waals surface area (Å²) in [5.74, 6) is 2.48. The minimum Gasteiger partial charge on any atom is -0.355 e. The maximum absolute atomic E-state index is 13.4. The highest BCUT2D eigenvalue weighted by Gasteiger charge is 2.60. The molecular weight excluding hydrogens is 332 g/mol. The highest BCUT2D eigenvalue weighted by Crippen LogP contribution is 2.65. The standard InChI is InChI=1S/C24H34N2O/c1-17-4-6-21(7-5-17)23-10-19-9-20(11-23)13-24(12-19,16-23)22(27)26-15-18-3-2-8-25-14-18/h4-7,18-20,25H,2-3,8-16H2,1H3,(H,26,27). The van der Waals surface area contributed by atoms with Crippen LogP contribution in [0, 0.1) is 30.1 Å². The van der Waals surface area contributed by atoms with Crippen LogP contribution in [0.15, 0.2) is 24.3 Å². The van der Waals surface area contributed by atoms with Crippen molar-refractivity contribution in [1.82, 2.24) is 10.6 Å². The van der Waals surface area contributed by atoms with Gasteiger partial charge in [0.2, 0.25) is 5.91 Å². The molecular formula is C24H34N2O. The molecule has 3 unspecified atom stereocenters. The third kappa shape index (κ3) is 3.12. The summed E-state index contributed by atoms with van der Waals surface area (Å²) < 4.78 is 0. The molecule has 1 heterocycles. The predicted octanol–water partition coefficient (Wildman–Crippen LogP) is 3.95. The van der Waals surface area contributed by atoms with Crippen LogP contribution in [0.4, 0.5) is 0 Å². The van der Waals surface area contributed by atoms with Crippen molar-refractivity contribution in [3.05, 3.63) is 35.4 Å². The number of carbonyl (C=O) groups excluding carboxylic acids is 1. The van der Waals surface area contributed by atoms with Gasteiger partial charge in [0, 0.05) is 6.54 Å². The summed E-state index contributed by atoms with van der Waals surface area (Å²) in [7, 11) is 0. The number of hydrogen-bond donors (Lipinski definition) is 2. The van der Waals surface area contributed by atoms with Gasteiger partial charge < -0.3 is 10.6 Å². The Balaban J connectivity index is 1.36. The van der Waals surface area contributed by atoms with Gasteiger partial charge in [-0.05, 0) is 100 Å². The van der Waals surface area contributed by atoms with Gasteiger partial charge in [-0.3, -0.25) is 4.79 Å². The predicted molar refractivity (Wildman–Crippen MR) is 109 cm³/mol. The largest absolute Gasteiger partial charge is 0.355 e. The molecule has 1 aromatic rings. The Morgan fingerprint density at radius 1 is 1.15 bits per heavy atom. The Labute approximate surface area is 163 Å². The van der Waals surface area contributed by atoms with Gasteiger partial charge in [-0.2, -0.15) is 0 Å². The van der Waals surface area contributed by atoms with Gasteiger partial charge in [0.15, 0.2) is 0 Å². The second kappa shape index (κ2) is 6.62. The number of rotatable bonds is 4. The first-order valence-electron chi connectivity index (χ1n) is 11.1. The van der Waals surface area contributed by atoms with Gasteiger partial charge in [0.1, 0.15) is 0 Å².